The van der Waals surface area contributed by atoms with Crippen LogP contribution < -0.4 is 4.72 Å². The second kappa shape index (κ2) is 9.06. The standard InChI is InChI=1S/C22H29N3O4S/c1-15(21-11-10-16(2)28-21)12-13-25(4)14-20-17(3)29-22(23-20)18-8-6-7-9-19(18)24-30(5,26)27/h6-11,15,24H,12-14H2,1-5H3. The molecule has 0 aliphatic rings. The fraction of sp³-hybridized carbons (Fsp3) is 0.409. The maximum absolute atomic E-state index is 11.7. The van der Waals surface area contributed by atoms with Gasteiger partial charge in [-0.3, -0.25) is 4.72 Å². The number of para-hydroxylation sites is 1. The van der Waals surface area contributed by atoms with E-state index in [9.17, 15) is 8.42 Å². The van der Waals surface area contributed by atoms with Gasteiger partial charge in [0.1, 0.15) is 17.3 Å². The van der Waals surface area contributed by atoms with Gasteiger partial charge in [-0.05, 0) is 58.1 Å². The Labute approximate surface area is 178 Å². The fourth-order valence-corrected chi connectivity index (χ4v) is 3.84. The van der Waals surface area contributed by atoms with Crippen LogP contribution in [-0.2, 0) is 16.6 Å². The normalized spacial score (nSPS) is 13.0. The van der Waals surface area contributed by atoms with Crippen LogP contribution in [0.1, 0.15) is 42.2 Å². The Kier molecular flexibility index (Phi) is 6.67. The van der Waals surface area contributed by atoms with Crippen LogP contribution in [0.4, 0.5) is 5.69 Å². The molecule has 1 N–H and O–H groups in total. The maximum Gasteiger partial charge on any atom is 0.229 e. The van der Waals surface area contributed by atoms with Crippen molar-refractivity contribution in [2.24, 2.45) is 0 Å². The monoisotopic (exact) mass is 431 g/mol. The lowest BCUT2D eigenvalue weighted by Crippen LogP contribution is -2.21. The van der Waals surface area contributed by atoms with Crippen LogP contribution in [0.15, 0.2) is 45.2 Å². The third-order valence-corrected chi connectivity index (χ3v) is 5.55. The predicted molar refractivity (Wildman–Crippen MR) is 118 cm³/mol. The highest BCUT2D eigenvalue weighted by atomic mass is 32.2. The number of aryl methyl sites for hydroxylation is 2. The Morgan fingerprint density at radius 2 is 1.87 bits per heavy atom. The predicted octanol–water partition coefficient (Wildman–Crippen LogP) is 4.55. The second-order valence-corrected chi connectivity index (χ2v) is 9.57. The molecule has 3 rings (SSSR count). The van der Waals surface area contributed by atoms with E-state index in [0.717, 1.165) is 42.2 Å². The molecule has 0 fully saturated rings. The molecule has 2 heterocycles. The smallest absolute Gasteiger partial charge is 0.229 e. The summed E-state index contributed by atoms with van der Waals surface area (Å²) in [5.41, 5.74) is 1.90. The second-order valence-electron chi connectivity index (χ2n) is 7.82. The zero-order chi connectivity index (χ0) is 21.9. The number of aromatic nitrogens is 1. The summed E-state index contributed by atoms with van der Waals surface area (Å²) in [6.45, 7) is 7.52. The van der Waals surface area contributed by atoms with E-state index in [4.69, 9.17) is 8.83 Å². The highest BCUT2D eigenvalue weighted by Crippen LogP contribution is 2.30. The first-order valence-corrected chi connectivity index (χ1v) is 11.8. The van der Waals surface area contributed by atoms with Crippen LogP contribution in [0.2, 0.25) is 0 Å². The van der Waals surface area contributed by atoms with Crippen molar-refractivity contribution >= 4 is 15.7 Å². The summed E-state index contributed by atoms with van der Waals surface area (Å²) in [6.07, 6.45) is 2.09. The lowest BCUT2D eigenvalue weighted by molar-refractivity contribution is 0.300. The molecule has 0 bridgehead atoms. The minimum absolute atomic E-state index is 0.337. The quantitative estimate of drug-likeness (QED) is 0.535. The van der Waals surface area contributed by atoms with Crippen molar-refractivity contribution in [2.75, 3.05) is 24.6 Å². The minimum atomic E-state index is -3.40. The van der Waals surface area contributed by atoms with Crippen molar-refractivity contribution in [2.45, 2.75) is 39.7 Å². The Bertz CT molecular complexity index is 1100. The number of rotatable bonds is 9. The van der Waals surface area contributed by atoms with Crippen molar-refractivity contribution in [3.63, 3.8) is 0 Å². The van der Waals surface area contributed by atoms with Crippen LogP contribution in [0.25, 0.3) is 11.5 Å². The molecule has 1 aromatic carbocycles. The molecule has 3 aromatic rings. The van der Waals surface area contributed by atoms with E-state index in [1.807, 2.05) is 39.1 Å². The van der Waals surface area contributed by atoms with Gasteiger partial charge in [0.2, 0.25) is 15.9 Å². The number of benzene rings is 1. The van der Waals surface area contributed by atoms with Crippen molar-refractivity contribution in [3.05, 3.63) is 59.4 Å². The number of oxazole rings is 1. The molecule has 0 spiro atoms. The zero-order valence-electron chi connectivity index (χ0n) is 18.1. The number of sulfonamides is 1. The summed E-state index contributed by atoms with van der Waals surface area (Å²) < 4.78 is 37.4. The Morgan fingerprint density at radius 3 is 2.53 bits per heavy atom. The average Bonchev–Trinajstić information content (AvgIpc) is 3.25. The van der Waals surface area contributed by atoms with Gasteiger partial charge in [-0.1, -0.05) is 19.1 Å². The van der Waals surface area contributed by atoms with Crippen molar-refractivity contribution in [1.29, 1.82) is 0 Å². The highest BCUT2D eigenvalue weighted by molar-refractivity contribution is 7.92. The number of nitrogens with one attached hydrogen (secondary N) is 1. The summed E-state index contributed by atoms with van der Waals surface area (Å²) in [4.78, 5) is 6.83. The molecule has 7 nitrogen and oxygen atoms in total. The van der Waals surface area contributed by atoms with Crippen LogP contribution in [0, 0.1) is 13.8 Å². The number of nitrogens with zero attached hydrogens (tertiary/aromatic N) is 2. The van der Waals surface area contributed by atoms with Gasteiger partial charge in [0.25, 0.3) is 0 Å². The number of hydrogen-bond donors (Lipinski definition) is 1. The van der Waals surface area contributed by atoms with Gasteiger partial charge in [0.15, 0.2) is 0 Å². The Morgan fingerprint density at radius 1 is 1.13 bits per heavy atom. The maximum atomic E-state index is 11.7. The summed E-state index contributed by atoms with van der Waals surface area (Å²) in [5.74, 6) is 3.41. The first kappa shape index (κ1) is 22.1. The third-order valence-electron chi connectivity index (χ3n) is 4.96. The lowest BCUT2D eigenvalue weighted by Gasteiger charge is -2.17. The van der Waals surface area contributed by atoms with Crippen LogP contribution in [0.5, 0.6) is 0 Å². The molecule has 0 aliphatic carbocycles. The van der Waals surface area contributed by atoms with Crippen LogP contribution in [-0.4, -0.2) is 38.1 Å². The molecule has 0 radical (unpaired) electrons. The van der Waals surface area contributed by atoms with Crippen LogP contribution in [0.3, 0.4) is 0 Å². The van der Waals surface area contributed by atoms with Crippen molar-refractivity contribution < 1.29 is 17.3 Å². The van der Waals surface area contributed by atoms with Gasteiger partial charge in [0, 0.05) is 12.5 Å². The molecule has 0 aliphatic heterocycles. The summed E-state index contributed by atoms with van der Waals surface area (Å²) in [5, 5.41) is 0. The molecule has 30 heavy (non-hydrogen) atoms. The molecule has 0 amide bonds. The van der Waals surface area contributed by atoms with E-state index in [1.54, 1.807) is 18.2 Å². The Hall–Kier alpha value is -2.58. The van der Waals surface area contributed by atoms with Gasteiger partial charge < -0.3 is 13.7 Å². The topological polar surface area (TPSA) is 88.6 Å². The van der Waals surface area contributed by atoms with Gasteiger partial charge in [-0.2, -0.15) is 0 Å². The minimum Gasteiger partial charge on any atom is -0.466 e. The molecule has 0 saturated carbocycles. The summed E-state index contributed by atoms with van der Waals surface area (Å²) in [6, 6.07) is 11.1. The molecule has 0 saturated heterocycles. The van der Waals surface area contributed by atoms with E-state index in [0.29, 0.717) is 29.6 Å². The molecule has 8 heteroatoms. The number of hydrogen-bond acceptors (Lipinski definition) is 6. The van der Waals surface area contributed by atoms with Crippen LogP contribution >= 0.6 is 0 Å². The Balaban J connectivity index is 1.68. The van der Waals surface area contributed by atoms with Gasteiger partial charge in [-0.15, -0.1) is 0 Å². The van der Waals surface area contributed by atoms with E-state index in [-0.39, 0.29) is 0 Å². The lowest BCUT2D eigenvalue weighted by atomic mass is 10.1. The molecular formula is C22H29N3O4S. The summed E-state index contributed by atoms with van der Waals surface area (Å²) >= 11 is 0. The largest absolute Gasteiger partial charge is 0.466 e. The SMILES string of the molecule is Cc1ccc(C(C)CCN(C)Cc2nc(-c3ccccc3NS(C)(=O)=O)oc2C)o1. The van der Waals surface area contributed by atoms with E-state index < -0.39 is 10.0 Å². The first-order chi connectivity index (χ1) is 14.1. The molecular weight excluding hydrogens is 402 g/mol. The molecule has 1 atom stereocenters. The first-order valence-electron chi connectivity index (χ1n) is 9.90. The molecule has 162 valence electrons. The van der Waals surface area contributed by atoms with E-state index in [2.05, 4.69) is 21.5 Å². The molecule has 1 unspecified atom stereocenters. The number of anilines is 1. The van der Waals surface area contributed by atoms with E-state index in [1.165, 1.54) is 0 Å². The van der Waals surface area contributed by atoms with Crippen molar-refractivity contribution in [3.8, 4) is 11.5 Å². The van der Waals surface area contributed by atoms with Gasteiger partial charge in [0.05, 0.1) is 23.2 Å². The third kappa shape index (κ3) is 5.73. The van der Waals surface area contributed by atoms with Gasteiger partial charge in [-0.25, -0.2) is 13.4 Å². The summed E-state index contributed by atoms with van der Waals surface area (Å²) in [7, 11) is -1.35. The zero-order valence-corrected chi connectivity index (χ0v) is 18.9. The van der Waals surface area contributed by atoms with Gasteiger partial charge >= 0.3 is 0 Å². The van der Waals surface area contributed by atoms with E-state index >= 15 is 0 Å². The highest BCUT2D eigenvalue weighted by Gasteiger charge is 2.18. The number of furan rings is 1. The molecule has 2 aromatic heterocycles. The van der Waals surface area contributed by atoms with Crippen molar-refractivity contribution in [1.82, 2.24) is 9.88 Å². The average molecular weight is 432 g/mol. The fourth-order valence-electron chi connectivity index (χ4n) is 3.26.